The second-order valence-corrected chi connectivity index (χ2v) is 6.18. The minimum absolute atomic E-state index is 0.0608. The van der Waals surface area contributed by atoms with Gasteiger partial charge in [-0.1, -0.05) is 0 Å². The maximum atomic E-state index is 13.0. The van der Waals surface area contributed by atoms with Gasteiger partial charge in [0, 0.05) is 0 Å². The van der Waals surface area contributed by atoms with Crippen LogP contribution in [0.25, 0.3) is 0 Å². The number of benzene rings is 2. The lowest BCUT2D eigenvalue weighted by Gasteiger charge is -2.16. The van der Waals surface area contributed by atoms with Crippen LogP contribution in [0.5, 0.6) is 0 Å². The van der Waals surface area contributed by atoms with E-state index in [4.69, 9.17) is 5.73 Å². The molecule has 176 valence electrons. The van der Waals surface area contributed by atoms with Crippen molar-refractivity contribution in [1.29, 1.82) is 0 Å². The molecule has 2 rings (SSSR count). The zero-order valence-corrected chi connectivity index (χ0v) is 15.1. The highest BCUT2D eigenvalue weighted by molar-refractivity contribution is 5.88. The molecular weight excluding hydrogens is 474 g/mol. The van der Waals surface area contributed by atoms with E-state index < -0.39 is 64.3 Å². The van der Waals surface area contributed by atoms with Crippen molar-refractivity contribution in [2.75, 3.05) is 5.32 Å². The van der Waals surface area contributed by atoms with E-state index in [1.165, 1.54) is 0 Å². The normalized spacial score (nSPS) is 13.9. The second kappa shape index (κ2) is 8.09. The van der Waals surface area contributed by atoms with E-state index in [2.05, 4.69) is 0 Å². The predicted molar refractivity (Wildman–Crippen MR) is 86.3 cm³/mol. The molecule has 0 heterocycles. The van der Waals surface area contributed by atoms with Crippen LogP contribution in [0.4, 0.5) is 64.1 Å². The Morgan fingerprint density at radius 2 is 1.00 bits per heavy atom. The molecule has 0 aliphatic heterocycles. The summed E-state index contributed by atoms with van der Waals surface area (Å²) in [7, 11) is 0. The first kappa shape index (κ1) is 25.1. The first-order valence-electron chi connectivity index (χ1n) is 8.03. The minimum Gasteiger partial charge on any atom is -0.290 e. The summed E-state index contributed by atoms with van der Waals surface area (Å²) in [5, 5.41) is 2.00. The van der Waals surface area contributed by atoms with Gasteiger partial charge in [0.1, 0.15) is 0 Å². The zero-order chi connectivity index (χ0) is 24.7. The van der Waals surface area contributed by atoms with Crippen molar-refractivity contribution in [3.05, 3.63) is 58.7 Å². The Bertz CT molecular complexity index is 1010. The molecule has 0 atom stereocenters. The van der Waals surface area contributed by atoms with Crippen molar-refractivity contribution in [2.45, 2.75) is 24.7 Å². The number of halogens is 12. The zero-order valence-electron chi connectivity index (χ0n) is 15.1. The molecule has 32 heavy (non-hydrogen) atoms. The van der Waals surface area contributed by atoms with Crippen LogP contribution in [0.1, 0.15) is 22.3 Å². The van der Waals surface area contributed by atoms with Gasteiger partial charge in [0.2, 0.25) is 0 Å². The topological polar surface area (TPSA) is 52.0 Å². The van der Waals surface area contributed by atoms with E-state index in [-0.39, 0.29) is 24.3 Å². The van der Waals surface area contributed by atoms with Crippen molar-refractivity contribution in [3.8, 4) is 0 Å². The number of alkyl halides is 12. The van der Waals surface area contributed by atoms with Gasteiger partial charge < -0.3 is 0 Å². The molecule has 0 saturated carbocycles. The molecule has 0 unspecified atom stereocenters. The molecule has 0 aromatic heterocycles. The fourth-order valence-corrected chi connectivity index (χ4v) is 2.55. The molecule has 0 fully saturated rings. The average Bonchev–Trinajstić information content (AvgIpc) is 2.58. The Morgan fingerprint density at radius 3 is 1.44 bits per heavy atom. The number of nitrogens with two attached hydrogens (primary N) is 1. The molecular formula is C17H10F12N3+. The Labute approximate surface area is 170 Å². The molecule has 0 saturated heterocycles. The number of hydrogen-bond donors (Lipinski definition) is 3. The summed E-state index contributed by atoms with van der Waals surface area (Å²) in [6.07, 6.45) is -21.5. The van der Waals surface area contributed by atoms with Gasteiger partial charge in [-0.2, -0.15) is 52.7 Å². The van der Waals surface area contributed by atoms with Crippen LogP contribution in [0.2, 0.25) is 0 Å². The number of guanidine groups is 1. The highest BCUT2D eigenvalue weighted by Gasteiger charge is 2.44. The van der Waals surface area contributed by atoms with Gasteiger partial charge in [0.25, 0.3) is 0 Å². The Balaban J connectivity index is 2.43. The molecule has 0 amide bonds. The molecule has 2 aromatic carbocycles. The summed E-state index contributed by atoms with van der Waals surface area (Å²) >= 11 is 0. The highest BCUT2D eigenvalue weighted by atomic mass is 19.4. The molecule has 3 nitrogen and oxygen atoms in total. The van der Waals surface area contributed by atoms with Crippen LogP contribution in [0.15, 0.2) is 36.4 Å². The van der Waals surface area contributed by atoms with Crippen molar-refractivity contribution in [3.63, 3.8) is 0 Å². The largest absolute Gasteiger partial charge is 0.417 e. The van der Waals surface area contributed by atoms with Gasteiger partial charge in [-0.25, -0.2) is 10.3 Å². The van der Waals surface area contributed by atoms with Gasteiger partial charge in [-0.3, -0.25) is 5.73 Å². The van der Waals surface area contributed by atoms with Crippen molar-refractivity contribution in [1.82, 2.24) is 0 Å². The van der Waals surface area contributed by atoms with E-state index >= 15 is 0 Å². The summed E-state index contributed by atoms with van der Waals surface area (Å²) in [4.78, 5) is 2.00. The van der Waals surface area contributed by atoms with Crippen LogP contribution in [-0.4, -0.2) is 5.96 Å². The Morgan fingerprint density at radius 1 is 0.594 bits per heavy atom. The second-order valence-electron chi connectivity index (χ2n) is 6.18. The van der Waals surface area contributed by atoms with Gasteiger partial charge in [0.15, 0.2) is 0 Å². The number of anilines is 1. The lowest BCUT2D eigenvalue weighted by molar-refractivity contribution is -0.355. The highest BCUT2D eigenvalue weighted by Crippen LogP contribution is 2.42. The summed E-state index contributed by atoms with van der Waals surface area (Å²) < 4.78 is 154. The maximum absolute atomic E-state index is 13.0. The van der Waals surface area contributed by atoms with Crippen LogP contribution < -0.4 is 16.0 Å². The third-order valence-electron chi connectivity index (χ3n) is 3.82. The van der Waals surface area contributed by atoms with Crippen LogP contribution >= 0.6 is 0 Å². The predicted octanol–water partition coefficient (Wildman–Crippen LogP) is 4.90. The first-order chi connectivity index (χ1) is 14.3. The average molecular weight is 484 g/mol. The maximum Gasteiger partial charge on any atom is 0.417 e. The van der Waals surface area contributed by atoms with Gasteiger partial charge in [0.05, 0.1) is 33.6 Å². The van der Waals surface area contributed by atoms with E-state index in [0.717, 1.165) is 0 Å². The Kier molecular flexibility index (Phi) is 6.35. The van der Waals surface area contributed by atoms with E-state index in [1.807, 2.05) is 10.3 Å². The third-order valence-corrected chi connectivity index (χ3v) is 3.82. The number of rotatable bonds is 2. The lowest BCUT2D eigenvalue weighted by atomic mass is 10.1. The van der Waals surface area contributed by atoms with Crippen LogP contribution in [-0.2, 0) is 24.7 Å². The van der Waals surface area contributed by atoms with Gasteiger partial charge in [-0.05, 0) is 36.4 Å². The molecule has 4 N–H and O–H groups in total. The summed E-state index contributed by atoms with van der Waals surface area (Å²) in [6, 6.07) is 1.48. The summed E-state index contributed by atoms with van der Waals surface area (Å²) in [5.41, 5.74) is -3.95. The monoisotopic (exact) mass is 484 g/mol. The fourth-order valence-electron chi connectivity index (χ4n) is 2.55. The smallest absolute Gasteiger partial charge is 0.290 e. The number of hydrogen-bond acceptors (Lipinski definition) is 0. The SMILES string of the molecule is NC(Nc1ccc(C(F)(F)F)c(C(F)(F)F)c1)=[NH+]c1ccc(C(F)(F)F)c(C(F)(F)F)c1. The van der Waals surface area contributed by atoms with E-state index in [1.54, 1.807) is 0 Å². The molecule has 0 bridgehead atoms. The molecule has 15 heteroatoms. The van der Waals surface area contributed by atoms with E-state index in [9.17, 15) is 52.7 Å². The quantitative estimate of drug-likeness (QED) is 0.323. The molecule has 0 aliphatic rings. The fraction of sp³-hybridized carbons (Fsp3) is 0.235. The molecule has 0 spiro atoms. The molecule has 2 aromatic rings. The summed E-state index contributed by atoms with van der Waals surface area (Å²) in [5.74, 6) is -0.772. The van der Waals surface area contributed by atoms with Crippen molar-refractivity contribution < 1.29 is 57.7 Å². The standard InChI is InChI=1S/C17H9F12N3/c18-14(19,20)9-3-1-7(5-11(9)16(24,25)26)31-13(30)32-8-2-4-10(15(21,22)23)12(6-8)17(27,28)29/h1-6H,(H3,30,31,32)/p+1. The van der Waals surface area contributed by atoms with Crippen molar-refractivity contribution >= 4 is 17.3 Å². The minimum atomic E-state index is -5.40. The molecule has 0 radical (unpaired) electrons. The van der Waals surface area contributed by atoms with Gasteiger partial charge in [-0.15, -0.1) is 0 Å². The van der Waals surface area contributed by atoms with Crippen LogP contribution in [0, 0.1) is 0 Å². The molecule has 0 aliphatic carbocycles. The third kappa shape index (κ3) is 5.97. The lowest BCUT2D eigenvalue weighted by Crippen LogP contribution is -2.71. The van der Waals surface area contributed by atoms with Crippen molar-refractivity contribution in [2.24, 2.45) is 5.73 Å². The van der Waals surface area contributed by atoms with Gasteiger partial charge >= 0.3 is 30.7 Å². The van der Waals surface area contributed by atoms with E-state index in [0.29, 0.717) is 12.1 Å². The van der Waals surface area contributed by atoms with Crippen LogP contribution in [0.3, 0.4) is 0 Å². The Hall–Kier alpha value is -3.13. The summed E-state index contributed by atoms with van der Waals surface area (Å²) in [6.45, 7) is 0. The first-order valence-corrected chi connectivity index (χ1v) is 8.03. The number of nitrogens with one attached hydrogen (secondary N) is 2.